The van der Waals surface area contributed by atoms with Gasteiger partial charge in [-0.25, -0.2) is 4.79 Å². The number of anilines is 1. The molecular weight excluding hydrogens is 507 g/mol. The molecule has 0 saturated carbocycles. The number of alkyl halides is 3. The smallest absolute Gasteiger partial charge is 0.489 e. The van der Waals surface area contributed by atoms with Crippen LogP contribution in [0.3, 0.4) is 0 Å². The Morgan fingerprint density at radius 2 is 1.92 bits per heavy atom. The Hall–Kier alpha value is -3.88. The second-order valence-electron chi connectivity index (χ2n) is 8.29. The highest BCUT2D eigenvalue weighted by molar-refractivity contribution is 7.12. The van der Waals surface area contributed by atoms with E-state index in [1.54, 1.807) is 0 Å². The molecule has 1 aliphatic rings. The van der Waals surface area contributed by atoms with Crippen LogP contribution in [-0.4, -0.2) is 47.3 Å². The van der Waals surface area contributed by atoms with Crippen LogP contribution in [0.5, 0.6) is 5.75 Å². The van der Waals surface area contributed by atoms with Gasteiger partial charge in [0.25, 0.3) is 5.91 Å². The number of benzene rings is 2. The van der Waals surface area contributed by atoms with Crippen LogP contribution >= 0.6 is 11.3 Å². The van der Waals surface area contributed by atoms with Gasteiger partial charge in [0.2, 0.25) is 0 Å². The third-order valence-corrected chi connectivity index (χ3v) is 6.30. The number of carbonyl (C=O) groups excluding carboxylic acids is 1. The maximum absolute atomic E-state index is 12.2. The van der Waals surface area contributed by atoms with Crippen molar-refractivity contribution in [2.45, 2.75) is 32.2 Å². The van der Waals surface area contributed by atoms with E-state index in [1.807, 2.05) is 66.9 Å². The predicted octanol–water partition coefficient (Wildman–Crippen LogP) is 5.47. The maximum atomic E-state index is 12.2. The monoisotopic (exact) mass is 531 g/mol. The molecule has 1 aliphatic heterocycles. The number of aliphatic carboxylic acids is 1. The molecule has 0 aliphatic carbocycles. The third kappa shape index (κ3) is 8.34. The van der Waals surface area contributed by atoms with E-state index in [0.29, 0.717) is 10.4 Å². The summed E-state index contributed by atoms with van der Waals surface area (Å²) in [5, 5.41) is 20.9. The van der Waals surface area contributed by atoms with Crippen LogP contribution in [0.2, 0.25) is 0 Å². The minimum Gasteiger partial charge on any atom is -0.489 e. The normalized spacial score (nSPS) is 15.3. The van der Waals surface area contributed by atoms with Crippen molar-refractivity contribution < 1.29 is 32.6 Å². The SMILES string of the molecule is Cc1cc(NC(=O)c2cccs2)ccc1OC1CCN(Cc2ccc(C#N)cc2)C1.O=C(O)C(F)(F)F. The molecular formula is C26H24F3N3O4S. The Balaban J connectivity index is 0.000000479. The van der Waals surface area contributed by atoms with E-state index in [-0.39, 0.29) is 12.0 Å². The Kier molecular flexibility index (Phi) is 9.27. The van der Waals surface area contributed by atoms with Gasteiger partial charge in [0.05, 0.1) is 16.5 Å². The third-order valence-electron chi connectivity index (χ3n) is 5.43. The van der Waals surface area contributed by atoms with E-state index < -0.39 is 12.1 Å². The van der Waals surface area contributed by atoms with E-state index in [2.05, 4.69) is 16.3 Å². The molecule has 1 atom stereocenters. The van der Waals surface area contributed by atoms with Crippen molar-refractivity contribution in [3.8, 4) is 11.8 Å². The number of nitrogens with one attached hydrogen (secondary N) is 1. The molecule has 1 unspecified atom stereocenters. The van der Waals surface area contributed by atoms with Crippen LogP contribution in [0.1, 0.15) is 32.8 Å². The quantitative estimate of drug-likeness (QED) is 0.438. The fourth-order valence-electron chi connectivity index (χ4n) is 3.62. The van der Waals surface area contributed by atoms with Crippen molar-refractivity contribution in [3.05, 3.63) is 81.5 Å². The molecule has 37 heavy (non-hydrogen) atoms. The Morgan fingerprint density at radius 1 is 1.22 bits per heavy atom. The highest BCUT2D eigenvalue weighted by Crippen LogP contribution is 2.26. The summed E-state index contributed by atoms with van der Waals surface area (Å²) < 4.78 is 38.0. The number of rotatable bonds is 6. The summed E-state index contributed by atoms with van der Waals surface area (Å²) in [6.07, 6.45) is -3.96. The van der Waals surface area contributed by atoms with E-state index in [9.17, 15) is 18.0 Å². The predicted molar refractivity (Wildman–Crippen MR) is 133 cm³/mol. The number of thiophene rings is 1. The molecule has 4 rings (SSSR count). The summed E-state index contributed by atoms with van der Waals surface area (Å²) in [6, 6.07) is 19.4. The topological polar surface area (TPSA) is 103 Å². The fourth-order valence-corrected chi connectivity index (χ4v) is 4.24. The molecule has 0 radical (unpaired) electrons. The van der Waals surface area contributed by atoms with Crippen LogP contribution in [-0.2, 0) is 11.3 Å². The number of carboxylic acid groups (broad SMARTS) is 1. The van der Waals surface area contributed by atoms with Gasteiger partial charge in [-0.1, -0.05) is 18.2 Å². The summed E-state index contributed by atoms with van der Waals surface area (Å²) in [4.78, 5) is 24.2. The number of ether oxygens (including phenoxy) is 1. The molecule has 194 valence electrons. The van der Waals surface area contributed by atoms with Crippen molar-refractivity contribution in [3.63, 3.8) is 0 Å². The van der Waals surface area contributed by atoms with Crippen LogP contribution < -0.4 is 10.1 Å². The lowest BCUT2D eigenvalue weighted by Gasteiger charge is -2.18. The molecule has 11 heteroatoms. The average molecular weight is 532 g/mol. The Morgan fingerprint density at radius 3 is 2.49 bits per heavy atom. The second-order valence-corrected chi connectivity index (χ2v) is 9.23. The highest BCUT2D eigenvalue weighted by Gasteiger charge is 2.38. The lowest BCUT2D eigenvalue weighted by Crippen LogP contribution is -2.24. The maximum Gasteiger partial charge on any atom is 0.490 e. The minimum atomic E-state index is -5.08. The van der Waals surface area contributed by atoms with Crippen LogP contribution in [0, 0.1) is 18.3 Å². The van der Waals surface area contributed by atoms with Gasteiger partial charge in [-0.2, -0.15) is 18.4 Å². The van der Waals surface area contributed by atoms with Gasteiger partial charge in [0.15, 0.2) is 0 Å². The van der Waals surface area contributed by atoms with Crippen molar-refractivity contribution in [2.24, 2.45) is 0 Å². The number of nitriles is 1. The Labute approximate surface area is 215 Å². The molecule has 1 amide bonds. The first kappa shape index (κ1) is 27.7. The molecule has 7 nitrogen and oxygen atoms in total. The van der Waals surface area contributed by atoms with E-state index >= 15 is 0 Å². The molecule has 1 fully saturated rings. The molecule has 0 bridgehead atoms. The summed E-state index contributed by atoms with van der Waals surface area (Å²) in [5.74, 6) is -1.99. The first-order valence-electron chi connectivity index (χ1n) is 11.2. The van der Waals surface area contributed by atoms with Crippen molar-refractivity contribution in [2.75, 3.05) is 18.4 Å². The van der Waals surface area contributed by atoms with Crippen LogP contribution in [0.25, 0.3) is 0 Å². The number of likely N-dealkylation sites (tertiary alicyclic amines) is 1. The first-order chi connectivity index (χ1) is 17.5. The van der Waals surface area contributed by atoms with Gasteiger partial charge in [-0.15, -0.1) is 11.3 Å². The number of carbonyl (C=O) groups is 2. The molecule has 2 N–H and O–H groups in total. The van der Waals surface area contributed by atoms with Gasteiger partial charge in [0, 0.05) is 25.3 Å². The molecule has 3 aromatic rings. The fraction of sp³-hybridized carbons (Fsp3) is 0.269. The van der Waals surface area contributed by atoms with E-state index in [4.69, 9.17) is 19.9 Å². The molecule has 0 spiro atoms. The second kappa shape index (κ2) is 12.4. The van der Waals surface area contributed by atoms with Gasteiger partial charge >= 0.3 is 12.1 Å². The first-order valence-corrected chi connectivity index (χ1v) is 12.1. The van der Waals surface area contributed by atoms with Crippen molar-refractivity contribution >= 4 is 28.9 Å². The largest absolute Gasteiger partial charge is 0.490 e. The molecule has 1 saturated heterocycles. The zero-order chi connectivity index (χ0) is 27.0. The standard InChI is InChI=1S/C24H23N3O2S.C2HF3O2/c1-17-13-20(26-24(28)23-3-2-12-30-23)8-9-22(17)29-21-10-11-27(16-21)15-19-6-4-18(14-25)5-7-19;3-2(4,5)1(6)7/h2-9,12-13,21H,10-11,15-16H2,1H3,(H,26,28);(H,6,7). The molecule has 1 aromatic heterocycles. The number of halogens is 3. The number of amides is 1. The number of hydrogen-bond acceptors (Lipinski definition) is 6. The lowest BCUT2D eigenvalue weighted by molar-refractivity contribution is -0.192. The van der Waals surface area contributed by atoms with Gasteiger partial charge in [-0.3, -0.25) is 9.69 Å². The number of nitrogens with zero attached hydrogens (tertiary/aromatic N) is 2. The van der Waals surface area contributed by atoms with Gasteiger partial charge < -0.3 is 15.2 Å². The minimum absolute atomic E-state index is 0.0905. The van der Waals surface area contributed by atoms with Gasteiger partial charge in [0.1, 0.15) is 11.9 Å². The average Bonchev–Trinajstić information content (AvgIpc) is 3.54. The number of aryl methyl sites for hydroxylation is 1. The lowest BCUT2D eigenvalue weighted by atomic mass is 10.1. The van der Waals surface area contributed by atoms with Crippen molar-refractivity contribution in [1.29, 1.82) is 5.26 Å². The summed E-state index contributed by atoms with van der Waals surface area (Å²) in [5.41, 5.74) is 3.67. The summed E-state index contributed by atoms with van der Waals surface area (Å²) >= 11 is 1.43. The Bertz CT molecular complexity index is 1260. The molecule has 2 aromatic carbocycles. The zero-order valence-electron chi connectivity index (χ0n) is 19.8. The van der Waals surface area contributed by atoms with Crippen LogP contribution in [0.4, 0.5) is 18.9 Å². The molecule has 2 heterocycles. The van der Waals surface area contributed by atoms with Gasteiger partial charge in [-0.05, 0) is 66.2 Å². The number of carboxylic acids is 1. The van der Waals surface area contributed by atoms with Crippen LogP contribution in [0.15, 0.2) is 60.0 Å². The van der Waals surface area contributed by atoms with Crippen molar-refractivity contribution in [1.82, 2.24) is 4.90 Å². The number of hydrogen-bond donors (Lipinski definition) is 2. The zero-order valence-corrected chi connectivity index (χ0v) is 20.6. The summed E-state index contributed by atoms with van der Waals surface area (Å²) in [6.45, 7) is 4.72. The van der Waals surface area contributed by atoms with E-state index in [0.717, 1.165) is 43.1 Å². The summed E-state index contributed by atoms with van der Waals surface area (Å²) in [7, 11) is 0. The highest BCUT2D eigenvalue weighted by atomic mass is 32.1. The van der Waals surface area contributed by atoms with E-state index in [1.165, 1.54) is 16.9 Å².